The van der Waals surface area contributed by atoms with Gasteiger partial charge in [-0.25, -0.2) is 0 Å². The number of nitrogens with zero attached hydrogens (tertiary/aromatic N) is 1. The number of rotatable bonds is 3. The lowest BCUT2D eigenvalue weighted by Crippen LogP contribution is -2.40. The van der Waals surface area contributed by atoms with E-state index in [0.717, 1.165) is 37.4 Å². The number of carbonyl (C=O) groups is 1. The molecule has 4 nitrogen and oxygen atoms in total. The van der Waals surface area contributed by atoms with Crippen LogP contribution in [0.5, 0.6) is 0 Å². The Morgan fingerprint density at radius 3 is 3.11 bits per heavy atom. The third kappa shape index (κ3) is 4.06. The molecule has 1 aliphatic heterocycles. The van der Waals surface area contributed by atoms with Crippen molar-refractivity contribution in [3.8, 4) is 11.8 Å². The number of hydrogen-bond acceptors (Lipinski definition) is 4. The summed E-state index contributed by atoms with van der Waals surface area (Å²) in [7, 11) is 0. The summed E-state index contributed by atoms with van der Waals surface area (Å²) in [5.74, 6) is 5.73. The summed E-state index contributed by atoms with van der Waals surface area (Å²) in [5, 5.41) is 0. The van der Waals surface area contributed by atoms with E-state index in [-0.39, 0.29) is 11.8 Å². The zero-order valence-electron chi connectivity index (χ0n) is 10.9. The summed E-state index contributed by atoms with van der Waals surface area (Å²) >= 11 is 1.69. The van der Waals surface area contributed by atoms with Crippen LogP contribution in [0.15, 0.2) is 12.1 Å². The van der Waals surface area contributed by atoms with Gasteiger partial charge in [-0.1, -0.05) is 11.8 Å². The molecule has 1 amide bonds. The highest BCUT2D eigenvalue weighted by Gasteiger charge is 2.23. The van der Waals surface area contributed by atoms with Crippen molar-refractivity contribution >= 4 is 17.2 Å². The Morgan fingerprint density at radius 2 is 2.37 bits per heavy atom. The Labute approximate surface area is 117 Å². The summed E-state index contributed by atoms with van der Waals surface area (Å²) in [6.45, 7) is 3.07. The van der Waals surface area contributed by atoms with Crippen LogP contribution < -0.4 is 11.5 Å². The number of thiophene rings is 1. The molecule has 102 valence electrons. The first-order valence-electron chi connectivity index (χ1n) is 6.48. The quantitative estimate of drug-likeness (QED) is 0.801. The largest absolute Gasteiger partial charge is 0.369 e. The molecule has 0 spiro atoms. The molecule has 2 rings (SSSR count). The van der Waals surface area contributed by atoms with Gasteiger partial charge in [0.15, 0.2) is 0 Å². The molecule has 1 aliphatic rings. The van der Waals surface area contributed by atoms with Gasteiger partial charge in [0.25, 0.3) is 0 Å². The number of piperidine rings is 1. The average molecular weight is 277 g/mol. The topological polar surface area (TPSA) is 72.3 Å². The van der Waals surface area contributed by atoms with E-state index in [1.165, 1.54) is 4.88 Å². The molecule has 0 saturated carbocycles. The first kappa shape index (κ1) is 14.1. The third-order valence-electron chi connectivity index (χ3n) is 3.26. The van der Waals surface area contributed by atoms with Crippen molar-refractivity contribution in [2.75, 3.05) is 19.6 Å². The van der Waals surface area contributed by atoms with Crippen molar-refractivity contribution in [3.05, 3.63) is 21.9 Å². The Morgan fingerprint density at radius 1 is 1.53 bits per heavy atom. The van der Waals surface area contributed by atoms with Crippen LogP contribution in [-0.2, 0) is 11.3 Å². The van der Waals surface area contributed by atoms with Gasteiger partial charge in [0, 0.05) is 18.0 Å². The zero-order chi connectivity index (χ0) is 13.7. The highest BCUT2D eigenvalue weighted by molar-refractivity contribution is 7.12. The summed E-state index contributed by atoms with van der Waals surface area (Å²) in [6.07, 6.45) is 1.96. The molecule has 0 radical (unpaired) electrons. The average Bonchev–Trinajstić information content (AvgIpc) is 2.84. The molecule has 0 aliphatic carbocycles. The van der Waals surface area contributed by atoms with Crippen LogP contribution in [0.2, 0.25) is 0 Å². The fraction of sp³-hybridized carbons (Fsp3) is 0.500. The summed E-state index contributed by atoms with van der Waals surface area (Å²) in [5.41, 5.74) is 10.7. The molecule has 5 heteroatoms. The summed E-state index contributed by atoms with van der Waals surface area (Å²) in [6, 6.07) is 4.12. The van der Waals surface area contributed by atoms with Crippen LogP contribution in [0, 0.1) is 17.8 Å². The lowest BCUT2D eigenvalue weighted by Gasteiger charge is -2.30. The smallest absolute Gasteiger partial charge is 0.221 e. The molecule has 0 bridgehead atoms. The fourth-order valence-electron chi connectivity index (χ4n) is 2.32. The molecular weight excluding hydrogens is 258 g/mol. The van der Waals surface area contributed by atoms with Crippen molar-refractivity contribution in [2.24, 2.45) is 17.4 Å². The van der Waals surface area contributed by atoms with Gasteiger partial charge in [-0.05, 0) is 31.5 Å². The number of likely N-dealkylation sites (tertiary alicyclic amines) is 1. The Hall–Kier alpha value is -1.35. The Bertz CT molecular complexity index is 500. The third-order valence-corrected chi connectivity index (χ3v) is 4.25. The van der Waals surface area contributed by atoms with Crippen molar-refractivity contribution in [1.82, 2.24) is 4.90 Å². The Kier molecular flexibility index (Phi) is 4.97. The van der Waals surface area contributed by atoms with Crippen LogP contribution >= 0.6 is 11.3 Å². The van der Waals surface area contributed by atoms with Gasteiger partial charge in [0.2, 0.25) is 5.91 Å². The molecule has 1 atom stereocenters. The standard InChI is InChI=1S/C14H19N3OS/c15-7-1-4-12-5-6-13(19-12)10-17-8-2-3-11(9-17)14(16)18/h5-6,11H,2-3,7-10,15H2,(H2,16,18). The molecule has 1 aromatic rings. The first-order valence-corrected chi connectivity index (χ1v) is 7.30. The Balaban J connectivity index is 1.93. The molecule has 1 unspecified atom stereocenters. The number of hydrogen-bond donors (Lipinski definition) is 2. The molecule has 0 aromatic carbocycles. The molecular formula is C14H19N3OS. The minimum atomic E-state index is -0.176. The molecule has 2 heterocycles. The predicted molar refractivity (Wildman–Crippen MR) is 77.4 cm³/mol. The second-order valence-corrected chi connectivity index (χ2v) is 5.92. The maximum atomic E-state index is 11.2. The van der Waals surface area contributed by atoms with Crippen molar-refractivity contribution in [2.45, 2.75) is 19.4 Å². The number of amides is 1. The number of carbonyl (C=O) groups excluding carboxylic acids is 1. The van der Waals surface area contributed by atoms with E-state index in [1.54, 1.807) is 11.3 Å². The van der Waals surface area contributed by atoms with Crippen LogP contribution in [0.3, 0.4) is 0 Å². The lowest BCUT2D eigenvalue weighted by atomic mass is 9.97. The van der Waals surface area contributed by atoms with Gasteiger partial charge in [0.05, 0.1) is 17.3 Å². The molecule has 1 fully saturated rings. The zero-order valence-corrected chi connectivity index (χ0v) is 11.7. The van der Waals surface area contributed by atoms with E-state index in [1.807, 2.05) is 6.07 Å². The van der Waals surface area contributed by atoms with E-state index in [4.69, 9.17) is 11.5 Å². The lowest BCUT2D eigenvalue weighted by molar-refractivity contribution is -0.123. The van der Waals surface area contributed by atoms with E-state index in [9.17, 15) is 4.79 Å². The minimum Gasteiger partial charge on any atom is -0.369 e. The second-order valence-electron chi connectivity index (χ2n) is 4.75. The van der Waals surface area contributed by atoms with E-state index in [2.05, 4.69) is 22.8 Å². The fourth-order valence-corrected chi connectivity index (χ4v) is 3.24. The van der Waals surface area contributed by atoms with Gasteiger partial charge in [0.1, 0.15) is 0 Å². The van der Waals surface area contributed by atoms with E-state index in [0.29, 0.717) is 6.54 Å². The minimum absolute atomic E-state index is 0.00483. The van der Waals surface area contributed by atoms with Gasteiger partial charge in [-0.15, -0.1) is 11.3 Å². The van der Waals surface area contributed by atoms with Crippen LogP contribution in [0.1, 0.15) is 22.6 Å². The number of nitrogens with two attached hydrogens (primary N) is 2. The van der Waals surface area contributed by atoms with Gasteiger partial charge in [-0.3, -0.25) is 9.69 Å². The van der Waals surface area contributed by atoms with Crippen molar-refractivity contribution in [3.63, 3.8) is 0 Å². The normalized spacial score (nSPS) is 19.7. The van der Waals surface area contributed by atoms with E-state index >= 15 is 0 Å². The SMILES string of the molecule is NCC#Cc1ccc(CN2CCCC(C(N)=O)C2)s1. The molecule has 1 aromatic heterocycles. The van der Waals surface area contributed by atoms with Crippen LogP contribution in [0.4, 0.5) is 0 Å². The van der Waals surface area contributed by atoms with Gasteiger partial charge in [-0.2, -0.15) is 0 Å². The van der Waals surface area contributed by atoms with E-state index < -0.39 is 0 Å². The molecule has 4 N–H and O–H groups in total. The monoisotopic (exact) mass is 277 g/mol. The second kappa shape index (κ2) is 6.71. The maximum absolute atomic E-state index is 11.2. The van der Waals surface area contributed by atoms with Gasteiger partial charge >= 0.3 is 0 Å². The van der Waals surface area contributed by atoms with Crippen molar-refractivity contribution < 1.29 is 4.79 Å². The number of primary amides is 1. The van der Waals surface area contributed by atoms with Crippen LogP contribution in [0.25, 0.3) is 0 Å². The highest BCUT2D eigenvalue weighted by atomic mass is 32.1. The van der Waals surface area contributed by atoms with Gasteiger partial charge < -0.3 is 11.5 Å². The van der Waals surface area contributed by atoms with Crippen LogP contribution in [-0.4, -0.2) is 30.4 Å². The maximum Gasteiger partial charge on any atom is 0.221 e. The molecule has 1 saturated heterocycles. The predicted octanol–water partition coefficient (Wildman–Crippen LogP) is 0.756. The summed E-state index contributed by atoms with van der Waals surface area (Å²) < 4.78 is 0. The first-order chi connectivity index (χ1) is 9.19. The summed E-state index contributed by atoms with van der Waals surface area (Å²) in [4.78, 5) is 15.9. The highest BCUT2D eigenvalue weighted by Crippen LogP contribution is 2.22. The van der Waals surface area contributed by atoms with Crippen molar-refractivity contribution in [1.29, 1.82) is 0 Å². The molecule has 19 heavy (non-hydrogen) atoms.